The van der Waals surface area contributed by atoms with Gasteiger partial charge in [0.15, 0.2) is 5.82 Å². The van der Waals surface area contributed by atoms with Gasteiger partial charge in [-0.25, -0.2) is 14.4 Å². The molecule has 0 radical (unpaired) electrons. The number of anilines is 1. The van der Waals surface area contributed by atoms with Crippen molar-refractivity contribution in [3.8, 4) is 11.4 Å². The molecule has 0 aliphatic rings. The molecule has 0 spiro atoms. The molecule has 0 aliphatic carbocycles. The first-order chi connectivity index (χ1) is 8.54. The van der Waals surface area contributed by atoms with Gasteiger partial charge in [-0.05, 0) is 38.1 Å². The summed E-state index contributed by atoms with van der Waals surface area (Å²) >= 11 is 5.95. The predicted molar refractivity (Wildman–Crippen MR) is 71.2 cm³/mol. The summed E-state index contributed by atoms with van der Waals surface area (Å²) in [5, 5.41) is 3.51. The molecule has 0 bridgehead atoms. The molecule has 0 saturated heterocycles. The highest BCUT2D eigenvalue weighted by molar-refractivity contribution is 6.29. The van der Waals surface area contributed by atoms with Gasteiger partial charge in [0.1, 0.15) is 16.8 Å². The Morgan fingerprint density at radius 1 is 1.17 bits per heavy atom. The number of benzene rings is 1. The smallest absolute Gasteiger partial charge is 0.163 e. The van der Waals surface area contributed by atoms with Gasteiger partial charge in [-0.15, -0.1) is 0 Å². The van der Waals surface area contributed by atoms with Crippen molar-refractivity contribution in [3.63, 3.8) is 0 Å². The molecule has 1 heterocycles. The van der Waals surface area contributed by atoms with Crippen LogP contribution in [-0.4, -0.2) is 16.0 Å². The first kappa shape index (κ1) is 12.8. The van der Waals surface area contributed by atoms with E-state index in [4.69, 9.17) is 11.6 Å². The number of hydrogen-bond acceptors (Lipinski definition) is 3. The Bertz CT molecular complexity index is 540. The van der Waals surface area contributed by atoms with Crippen LogP contribution in [0, 0.1) is 5.82 Å². The lowest BCUT2D eigenvalue weighted by atomic mass is 10.2. The van der Waals surface area contributed by atoms with Crippen molar-refractivity contribution < 1.29 is 4.39 Å². The molecule has 2 aromatic rings. The Labute approximate surface area is 110 Å². The maximum atomic E-state index is 12.9. The molecular formula is C13H13ClFN3. The molecule has 3 nitrogen and oxygen atoms in total. The summed E-state index contributed by atoms with van der Waals surface area (Å²) in [5.41, 5.74) is 0.728. The van der Waals surface area contributed by atoms with Gasteiger partial charge in [0.05, 0.1) is 0 Å². The van der Waals surface area contributed by atoms with Gasteiger partial charge in [0.25, 0.3) is 0 Å². The summed E-state index contributed by atoms with van der Waals surface area (Å²) in [6.07, 6.45) is 0. The zero-order chi connectivity index (χ0) is 13.1. The van der Waals surface area contributed by atoms with Crippen LogP contribution in [0.15, 0.2) is 30.3 Å². The average Bonchev–Trinajstić information content (AvgIpc) is 2.28. The molecule has 1 N–H and O–H groups in total. The van der Waals surface area contributed by atoms with E-state index in [0.717, 1.165) is 5.56 Å². The first-order valence-corrected chi connectivity index (χ1v) is 5.99. The van der Waals surface area contributed by atoms with Gasteiger partial charge in [-0.2, -0.15) is 0 Å². The monoisotopic (exact) mass is 265 g/mol. The minimum absolute atomic E-state index is 0.247. The fourth-order valence-electron chi connectivity index (χ4n) is 1.52. The predicted octanol–water partition coefficient (Wildman–Crippen LogP) is 3.76. The summed E-state index contributed by atoms with van der Waals surface area (Å²) in [6, 6.07) is 7.90. The Morgan fingerprint density at radius 3 is 2.44 bits per heavy atom. The third-order valence-corrected chi connectivity index (χ3v) is 2.43. The summed E-state index contributed by atoms with van der Waals surface area (Å²) in [5.74, 6) is 0.844. The molecule has 1 aromatic carbocycles. The Kier molecular flexibility index (Phi) is 3.77. The lowest BCUT2D eigenvalue weighted by Crippen LogP contribution is -2.11. The number of hydrogen-bond donors (Lipinski definition) is 1. The largest absolute Gasteiger partial charge is 0.368 e. The Morgan fingerprint density at radius 2 is 1.83 bits per heavy atom. The lowest BCUT2D eigenvalue weighted by molar-refractivity contribution is 0.628. The SMILES string of the molecule is CC(C)Nc1cc(Cl)nc(-c2ccc(F)cc2)n1. The number of halogens is 2. The van der Waals surface area contributed by atoms with Crippen LogP contribution in [0.5, 0.6) is 0 Å². The second kappa shape index (κ2) is 5.31. The number of nitrogens with zero attached hydrogens (tertiary/aromatic N) is 2. The van der Waals surface area contributed by atoms with Crippen LogP contribution in [0.4, 0.5) is 10.2 Å². The molecule has 1 aromatic heterocycles. The summed E-state index contributed by atoms with van der Waals surface area (Å²) in [6.45, 7) is 4.02. The second-order valence-electron chi connectivity index (χ2n) is 4.21. The second-order valence-corrected chi connectivity index (χ2v) is 4.59. The van der Waals surface area contributed by atoms with Crippen LogP contribution < -0.4 is 5.32 Å². The highest BCUT2D eigenvalue weighted by Crippen LogP contribution is 2.20. The molecule has 0 fully saturated rings. The molecule has 18 heavy (non-hydrogen) atoms. The number of aromatic nitrogens is 2. The quantitative estimate of drug-likeness (QED) is 0.859. The Balaban J connectivity index is 2.38. The third-order valence-electron chi connectivity index (χ3n) is 2.23. The molecule has 0 unspecified atom stereocenters. The molecule has 0 aliphatic heterocycles. The van der Waals surface area contributed by atoms with Crippen LogP contribution in [0.2, 0.25) is 5.15 Å². The third kappa shape index (κ3) is 3.17. The first-order valence-electron chi connectivity index (χ1n) is 5.61. The highest BCUT2D eigenvalue weighted by Gasteiger charge is 2.06. The maximum absolute atomic E-state index is 12.9. The number of rotatable bonds is 3. The molecule has 0 atom stereocenters. The van der Waals surface area contributed by atoms with Crippen LogP contribution in [0.1, 0.15) is 13.8 Å². The van der Waals surface area contributed by atoms with Gasteiger partial charge in [-0.3, -0.25) is 0 Å². The highest BCUT2D eigenvalue weighted by atomic mass is 35.5. The normalized spacial score (nSPS) is 10.7. The lowest BCUT2D eigenvalue weighted by Gasteiger charge is -2.10. The van der Waals surface area contributed by atoms with Crippen LogP contribution in [0.3, 0.4) is 0 Å². The zero-order valence-corrected chi connectivity index (χ0v) is 10.9. The van der Waals surface area contributed by atoms with E-state index in [-0.39, 0.29) is 11.9 Å². The van der Waals surface area contributed by atoms with Crippen LogP contribution in [-0.2, 0) is 0 Å². The van der Waals surface area contributed by atoms with Gasteiger partial charge in [-0.1, -0.05) is 11.6 Å². The average molecular weight is 266 g/mol. The zero-order valence-electron chi connectivity index (χ0n) is 10.1. The van der Waals surface area contributed by atoms with E-state index in [2.05, 4.69) is 15.3 Å². The molecular weight excluding hydrogens is 253 g/mol. The minimum Gasteiger partial charge on any atom is -0.368 e. The summed E-state index contributed by atoms with van der Waals surface area (Å²) in [4.78, 5) is 8.48. The van der Waals surface area contributed by atoms with Gasteiger partial charge in [0, 0.05) is 17.7 Å². The van der Waals surface area contributed by atoms with Crippen molar-refractivity contribution >= 4 is 17.4 Å². The van der Waals surface area contributed by atoms with E-state index >= 15 is 0 Å². The van der Waals surface area contributed by atoms with Crippen LogP contribution in [0.25, 0.3) is 11.4 Å². The van der Waals surface area contributed by atoms with E-state index in [1.54, 1.807) is 18.2 Å². The van der Waals surface area contributed by atoms with Crippen molar-refractivity contribution in [2.24, 2.45) is 0 Å². The maximum Gasteiger partial charge on any atom is 0.163 e. The van der Waals surface area contributed by atoms with Crippen molar-refractivity contribution in [2.75, 3.05) is 5.32 Å². The number of nitrogens with one attached hydrogen (secondary N) is 1. The van der Waals surface area contributed by atoms with E-state index in [0.29, 0.717) is 16.8 Å². The standard InChI is InChI=1S/C13H13ClFN3/c1-8(2)16-12-7-11(14)17-13(18-12)9-3-5-10(15)6-4-9/h3-8H,1-2H3,(H,16,17,18). The molecule has 94 valence electrons. The van der Waals surface area contributed by atoms with Gasteiger partial charge in [0.2, 0.25) is 0 Å². The van der Waals surface area contributed by atoms with Crippen LogP contribution >= 0.6 is 11.6 Å². The van der Waals surface area contributed by atoms with Crippen molar-refractivity contribution in [2.45, 2.75) is 19.9 Å². The summed E-state index contributed by atoms with van der Waals surface area (Å²) < 4.78 is 12.9. The molecule has 0 amide bonds. The van der Waals surface area contributed by atoms with E-state index in [1.807, 2.05) is 13.8 Å². The fraction of sp³-hybridized carbons (Fsp3) is 0.231. The van der Waals surface area contributed by atoms with Gasteiger partial charge >= 0.3 is 0 Å². The van der Waals surface area contributed by atoms with Gasteiger partial charge < -0.3 is 5.32 Å². The topological polar surface area (TPSA) is 37.8 Å². The van der Waals surface area contributed by atoms with E-state index in [9.17, 15) is 4.39 Å². The van der Waals surface area contributed by atoms with Crippen molar-refractivity contribution in [1.29, 1.82) is 0 Å². The Hall–Kier alpha value is -1.68. The van der Waals surface area contributed by atoms with E-state index in [1.165, 1.54) is 12.1 Å². The fourth-order valence-corrected chi connectivity index (χ4v) is 1.70. The van der Waals surface area contributed by atoms with Crippen molar-refractivity contribution in [3.05, 3.63) is 41.3 Å². The molecule has 2 rings (SSSR count). The molecule has 0 saturated carbocycles. The summed E-state index contributed by atoms with van der Waals surface area (Å²) in [7, 11) is 0. The van der Waals surface area contributed by atoms with E-state index < -0.39 is 0 Å². The molecule has 5 heteroatoms. The minimum atomic E-state index is -0.290. The van der Waals surface area contributed by atoms with Crippen molar-refractivity contribution in [1.82, 2.24) is 9.97 Å².